The molecule has 94 valence electrons. The zero-order chi connectivity index (χ0) is 12.8. The average molecular weight is 310 g/mol. The van der Waals surface area contributed by atoms with Gasteiger partial charge >= 0.3 is 0 Å². The zero-order valence-electron chi connectivity index (χ0n) is 9.60. The molecule has 0 fully saturated rings. The van der Waals surface area contributed by atoms with Crippen LogP contribution in [0.2, 0.25) is 0 Å². The van der Waals surface area contributed by atoms with Gasteiger partial charge < -0.3 is 9.84 Å². The van der Waals surface area contributed by atoms with Crippen molar-refractivity contribution in [3.8, 4) is 0 Å². The summed E-state index contributed by atoms with van der Waals surface area (Å²) in [5.74, 6) is 0.490. The van der Waals surface area contributed by atoms with Gasteiger partial charge in [-0.05, 0) is 17.7 Å². The summed E-state index contributed by atoms with van der Waals surface area (Å²) in [5, 5.41) is 7.25. The van der Waals surface area contributed by atoms with Crippen LogP contribution in [0.4, 0.5) is 0 Å². The number of amides is 1. The lowest BCUT2D eigenvalue weighted by Gasteiger charge is -2.04. The fourth-order valence-electron chi connectivity index (χ4n) is 1.44. The van der Waals surface area contributed by atoms with Gasteiger partial charge in [-0.2, -0.15) is 4.98 Å². The van der Waals surface area contributed by atoms with Gasteiger partial charge in [-0.15, -0.1) is 0 Å². The predicted molar refractivity (Wildman–Crippen MR) is 69.4 cm³/mol. The first-order chi connectivity index (χ1) is 8.79. The van der Waals surface area contributed by atoms with Crippen molar-refractivity contribution in [1.29, 1.82) is 0 Å². The Balaban J connectivity index is 1.83. The number of carbonyl (C=O) groups excluding carboxylic acids is 1. The Morgan fingerprint density at radius 2 is 2.11 bits per heavy atom. The van der Waals surface area contributed by atoms with Gasteiger partial charge in [0, 0.05) is 23.9 Å². The number of halogens is 1. The lowest BCUT2D eigenvalue weighted by Crippen LogP contribution is -2.25. The monoisotopic (exact) mass is 309 g/mol. The smallest absolute Gasteiger partial charge is 0.251 e. The highest BCUT2D eigenvalue weighted by Gasteiger charge is 2.05. The van der Waals surface area contributed by atoms with Gasteiger partial charge in [0.2, 0.25) is 6.39 Å². The van der Waals surface area contributed by atoms with Crippen molar-refractivity contribution in [1.82, 2.24) is 15.5 Å². The molecular formula is C12H12BrN3O2. The molecule has 1 N–H and O–H groups in total. The molecule has 0 aliphatic rings. The van der Waals surface area contributed by atoms with Crippen LogP contribution in [0, 0.1) is 0 Å². The molecule has 18 heavy (non-hydrogen) atoms. The van der Waals surface area contributed by atoms with E-state index in [4.69, 9.17) is 0 Å². The van der Waals surface area contributed by atoms with E-state index in [2.05, 4.69) is 35.9 Å². The molecule has 0 radical (unpaired) electrons. The minimum atomic E-state index is -0.0976. The van der Waals surface area contributed by atoms with E-state index >= 15 is 0 Å². The number of carbonyl (C=O) groups is 1. The van der Waals surface area contributed by atoms with Crippen LogP contribution in [0.5, 0.6) is 0 Å². The number of rotatable bonds is 5. The molecular weight excluding hydrogens is 298 g/mol. The standard InChI is InChI=1S/C12H12BrN3O2/c13-7-9-1-3-10(4-2-9)12(17)14-6-5-11-15-8-18-16-11/h1-4,8H,5-7H2,(H,14,17). The molecule has 1 aromatic heterocycles. The third kappa shape index (κ3) is 3.40. The number of hydrogen-bond acceptors (Lipinski definition) is 4. The molecule has 0 saturated carbocycles. The number of nitrogens with zero attached hydrogens (tertiary/aromatic N) is 2. The van der Waals surface area contributed by atoms with Crippen LogP contribution in [0.3, 0.4) is 0 Å². The molecule has 1 heterocycles. The number of aromatic nitrogens is 2. The van der Waals surface area contributed by atoms with Crippen molar-refractivity contribution < 1.29 is 9.32 Å². The van der Waals surface area contributed by atoms with Crippen LogP contribution in [0.25, 0.3) is 0 Å². The van der Waals surface area contributed by atoms with Gasteiger partial charge in [-0.25, -0.2) is 0 Å². The molecule has 0 aliphatic carbocycles. The topological polar surface area (TPSA) is 68.0 Å². The normalized spacial score (nSPS) is 10.3. The SMILES string of the molecule is O=C(NCCc1ncon1)c1ccc(CBr)cc1. The summed E-state index contributed by atoms with van der Waals surface area (Å²) in [7, 11) is 0. The van der Waals surface area contributed by atoms with E-state index in [-0.39, 0.29) is 5.91 Å². The van der Waals surface area contributed by atoms with Gasteiger partial charge in [0.1, 0.15) is 0 Å². The molecule has 0 saturated heterocycles. The third-order valence-electron chi connectivity index (χ3n) is 2.41. The van der Waals surface area contributed by atoms with Gasteiger partial charge in [0.25, 0.3) is 5.91 Å². The first-order valence-electron chi connectivity index (χ1n) is 5.48. The molecule has 6 heteroatoms. The van der Waals surface area contributed by atoms with E-state index in [0.717, 1.165) is 10.9 Å². The minimum Gasteiger partial charge on any atom is -0.352 e. The van der Waals surface area contributed by atoms with Crippen molar-refractivity contribution in [2.75, 3.05) is 6.54 Å². The molecule has 5 nitrogen and oxygen atoms in total. The van der Waals surface area contributed by atoms with Crippen molar-refractivity contribution in [3.05, 3.63) is 47.6 Å². The Hall–Kier alpha value is -1.69. The first-order valence-corrected chi connectivity index (χ1v) is 6.60. The van der Waals surface area contributed by atoms with Gasteiger partial charge in [-0.1, -0.05) is 33.2 Å². The summed E-state index contributed by atoms with van der Waals surface area (Å²) >= 11 is 3.36. The molecule has 2 rings (SSSR count). The molecule has 0 spiro atoms. The van der Waals surface area contributed by atoms with Crippen LogP contribution >= 0.6 is 15.9 Å². The molecule has 0 bridgehead atoms. The maximum atomic E-state index is 11.8. The molecule has 0 atom stereocenters. The molecule has 2 aromatic rings. The molecule has 1 amide bonds. The third-order valence-corrected chi connectivity index (χ3v) is 3.06. The van der Waals surface area contributed by atoms with E-state index in [0.29, 0.717) is 24.4 Å². The second kappa shape index (κ2) is 6.30. The fourth-order valence-corrected chi connectivity index (χ4v) is 1.81. The molecule has 0 aliphatic heterocycles. The summed E-state index contributed by atoms with van der Waals surface area (Å²) in [4.78, 5) is 15.7. The second-order valence-corrected chi connectivity index (χ2v) is 4.24. The largest absolute Gasteiger partial charge is 0.352 e. The van der Waals surface area contributed by atoms with Gasteiger partial charge in [0.15, 0.2) is 5.82 Å². The molecule has 0 unspecified atom stereocenters. The van der Waals surface area contributed by atoms with Crippen LogP contribution in [-0.4, -0.2) is 22.6 Å². The Kier molecular flexibility index (Phi) is 4.46. The Morgan fingerprint density at radius 1 is 1.33 bits per heavy atom. The average Bonchev–Trinajstić information content (AvgIpc) is 2.92. The molecule has 1 aromatic carbocycles. The maximum absolute atomic E-state index is 11.8. The van der Waals surface area contributed by atoms with Crippen molar-refractivity contribution in [2.45, 2.75) is 11.8 Å². The summed E-state index contributed by atoms with van der Waals surface area (Å²) in [6.45, 7) is 0.485. The van der Waals surface area contributed by atoms with Gasteiger partial charge in [-0.3, -0.25) is 4.79 Å². The highest BCUT2D eigenvalue weighted by atomic mass is 79.9. The highest BCUT2D eigenvalue weighted by molar-refractivity contribution is 9.08. The zero-order valence-corrected chi connectivity index (χ0v) is 11.2. The predicted octanol–water partition coefficient (Wildman–Crippen LogP) is 1.94. The van der Waals surface area contributed by atoms with Crippen molar-refractivity contribution >= 4 is 21.8 Å². The Morgan fingerprint density at radius 3 is 2.72 bits per heavy atom. The summed E-state index contributed by atoms with van der Waals surface area (Å²) in [5.41, 5.74) is 1.78. The van der Waals surface area contributed by atoms with Crippen molar-refractivity contribution in [2.24, 2.45) is 0 Å². The van der Waals surface area contributed by atoms with E-state index in [9.17, 15) is 4.79 Å². The number of nitrogens with one attached hydrogen (secondary N) is 1. The van der Waals surface area contributed by atoms with Crippen LogP contribution in [-0.2, 0) is 11.8 Å². The lowest BCUT2D eigenvalue weighted by molar-refractivity contribution is 0.0954. The Labute approximate surface area is 113 Å². The maximum Gasteiger partial charge on any atom is 0.251 e. The number of alkyl halides is 1. The van der Waals surface area contributed by atoms with E-state index in [1.807, 2.05) is 12.1 Å². The summed E-state index contributed by atoms with van der Waals surface area (Å²) < 4.78 is 4.60. The summed E-state index contributed by atoms with van der Waals surface area (Å²) in [6.07, 6.45) is 1.83. The van der Waals surface area contributed by atoms with Crippen LogP contribution in [0.1, 0.15) is 21.7 Å². The lowest BCUT2D eigenvalue weighted by atomic mass is 10.1. The number of benzene rings is 1. The van der Waals surface area contributed by atoms with Crippen LogP contribution < -0.4 is 5.32 Å². The van der Waals surface area contributed by atoms with Crippen LogP contribution in [0.15, 0.2) is 35.2 Å². The Bertz CT molecular complexity index is 497. The second-order valence-electron chi connectivity index (χ2n) is 3.68. The first kappa shape index (κ1) is 12.8. The fraction of sp³-hybridized carbons (Fsp3) is 0.250. The highest BCUT2D eigenvalue weighted by Crippen LogP contribution is 2.07. The van der Waals surface area contributed by atoms with Gasteiger partial charge in [0.05, 0.1) is 0 Å². The van der Waals surface area contributed by atoms with Crippen molar-refractivity contribution in [3.63, 3.8) is 0 Å². The quantitative estimate of drug-likeness (QED) is 0.857. The minimum absolute atomic E-state index is 0.0976. The van der Waals surface area contributed by atoms with E-state index in [1.165, 1.54) is 6.39 Å². The van der Waals surface area contributed by atoms with E-state index < -0.39 is 0 Å². The summed E-state index contributed by atoms with van der Waals surface area (Å²) in [6, 6.07) is 7.45. The number of hydrogen-bond donors (Lipinski definition) is 1. The van der Waals surface area contributed by atoms with E-state index in [1.54, 1.807) is 12.1 Å².